The van der Waals surface area contributed by atoms with Gasteiger partial charge < -0.3 is 14.9 Å². The van der Waals surface area contributed by atoms with Crippen LogP contribution in [0.5, 0.6) is 0 Å². The number of oxime groups is 1. The van der Waals surface area contributed by atoms with Crippen molar-refractivity contribution in [1.82, 2.24) is 10.2 Å². The highest BCUT2D eigenvalue weighted by Gasteiger charge is 2.61. The molecule has 4 atom stereocenters. The number of benzene rings is 1. The van der Waals surface area contributed by atoms with Crippen molar-refractivity contribution in [3.8, 4) is 0 Å². The van der Waals surface area contributed by atoms with Crippen LogP contribution < -0.4 is 5.32 Å². The highest BCUT2D eigenvalue weighted by Crippen LogP contribution is 2.43. The average molecular weight is 438 g/mol. The Morgan fingerprint density at radius 1 is 1.28 bits per heavy atom. The maximum Gasteiger partial charge on any atom is 0.312 e. The van der Waals surface area contributed by atoms with Crippen LogP contribution in [0.2, 0.25) is 10.0 Å². The number of ether oxygens (including phenoxy) is 1. The summed E-state index contributed by atoms with van der Waals surface area (Å²) < 4.78 is 4.78. The van der Waals surface area contributed by atoms with Crippen LogP contribution in [0.1, 0.15) is 18.4 Å². The largest absolute Gasteiger partial charge is 0.469 e. The molecule has 2 unspecified atom stereocenters. The van der Waals surface area contributed by atoms with E-state index in [1.807, 2.05) is 18.0 Å². The third-order valence-corrected chi connectivity index (χ3v) is 6.23. The molecule has 2 heterocycles. The predicted molar refractivity (Wildman–Crippen MR) is 109 cm³/mol. The van der Waals surface area contributed by atoms with E-state index in [0.717, 1.165) is 5.56 Å². The number of carbonyl (C=O) groups is 2. The molecule has 1 aliphatic carbocycles. The van der Waals surface area contributed by atoms with Gasteiger partial charge in [0, 0.05) is 28.2 Å². The van der Waals surface area contributed by atoms with Gasteiger partial charge in [0.15, 0.2) is 0 Å². The molecule has 9 heteroatoms. The van der Waals surface area contributed by atoms with E-state index >= 15 is 0 Å². The van der Waals surface area contributed by atoms with Crippen molar-refractivity contribution in [2.45, 2.75) is 24.6 Å². The number of hydrogen-bond acceptors (Lipinski definition) is 6. The Labute approximate surface area is 178 Å². The third kappa shape index (κ3) is 3.41. The van der Waals surface area contributed by atoms with Gasteiger partial charge in [0.05, 0.1) is 24.7 Å². The number of fused-ring (bicyclic) bond motifs is 1. The number of hydrogen-bond donors (Lipinski definition) is 1. The smallest absolute Gasteiger partial charge is 0.312 e. The van der Waals surface area contributed by atoms with Crippen molar-refractivity contribution in [1.29, 1.82) is 0 Å². The van der Waals surface area contributed by atoms with Gasteiger partial charge in [-0.05, 0) is 38.1 Å². The maximum atomic E-state index is 13.3. The van der Waals surface area contributed by atoms with Gasteiger partial charge in [0.1, 0.15) is 0 Å². The highest BCUT2D eigenvalue weighted by atomic mass is 35.5. The minimum Gasteiger partial charge on any atom is -0.469 e. The van der Waals surface area contributed by atoms with Gasteiger partial charge >= 0.3 is 5.97 Å². The van der Waals surface area contributed by atoms with Crippen molar-refractivity contribution < 1.29 is 19.2 Å². The van der Waals surface area contributed by atoms with Crippen molar-refractivity contribution >= 4 is 40.8 Å². The second-order valence-corrected chi connectivity index (χ2v) is 8.39. The number of nitrogens with zero attached hydrogens (tertiary/aromatic N) is 2. The van der Waals surface area contributed by atoms with Gasteiger partial charge in [-0.2, -0.15) is 0 Å². The molecule has 2 aliphatic heterocycles. The van der Waals surface area contributed by atoms with E-state index in [4.69, 9.17) is 32.8 Å². The normalized spacial score (nSPS) is 30.6. The Morgan fingerprint density at radius 3 is 2.69 bits per heavy atom. The van der Waals surface area contributed by atoms with E-state index in [0.29, 0.717) is 35.1 Å². The molecule has 3 aliphatic rings. The van der Waals surface area contributed by atoms with Crippen LogP contribution in [0.4, 0.5) is 0 Å². The molecule has 1 amide bonds. The SMILES string of the molecule is COC(=O)[C@@H]1C=C[C@H](NC(=O)C23ON=C(c4cc(Cl)cc(Cl)c4)C2CCN3C)C1. The molecule has 0 spiro atoms. The first-order valence-corrected chi connectivity index (χ1v) is 10.1. The van der Waals surface area contributed by atoms with Crippen LogP contribution in [0.3, 0.4) is 0 Å². The lowest BCUT2D eigenvalue weighted by molar-refractivity contribution is -0.168. The third-order valence-electron chi connectivity index (χ3n) is 5.79. The van der Waals surface area contributed by atoms with E-state index in [1.165, 1.54) is 7.11 Å². The standard InChI is InChI=1S/C20H21Cl2N3O4/c1-25-6-5-16-17(12-7-13(21)10-14(22)8-12)24-29-20(16,25)19(27)23-15-4-3-11(9-15)18(26)28-2/h3-4,7-8,10-11,15-16H,5-6,9H2,1-2H3,(H,23,27)/t11-,15+,16?,20?/m1/s1. The summed E-state index contributed by atoms with van der Waals surface area (Å²) in [5.74, 6) is -1.21. The number of carbonyl (C=O) groups excluding carboxylic acids is 2. The number of halogens is 2. The molecule has 0 saturated carbocycles. The Bertz CT molecular complexity index is 899. The van der Waals surface area contributed by atoms with Gasteiger partial charge in [0.2, 0.25) is 0 Å². The van der Waals surface area contributed by atoms with Crippen molar-refractivity contribution in [3.05, 3.63) is 46.0 Å². The summed E-state index contributed by atoms with van der Waals surface area (Å²) in [5.41, 5.74) is 0.161. The fraction of sp³-hybridized carbons (Fsp3) is 0.450. The van der Waals surface area contributed by atoms with E-state index in [9.17, 15) is 9.59 Å². The van der Waals surface area contributed by atoms with E-state index in [-0.39, 0.29) is 29.8 Å². The number of nitrogens with one attached hydrogen (secondary N) is 1. The van der Waals surface area contributed by atoms with Crippen molar-refractivity contribution in [2.75, 3.05) is 20.7 Å². The summed E-state index contributed by atoms with van der Waals surface area (Å²) in [7, 11) is 3.19. The molecule has 29 heavy (non-hydrogen) atoms. The molecule has 1 N–H and O–H groups in total. The summed E-state index contributed by atoms with van der Waals surface area (Å²) >= 11 is 12.3. The molecule has 0 bridgehead atoms. The summed E-state index contributed by atoms with van der Waals surface area (Å²) in [4.78, 5) is 32.7. The molecule has 1 aromatic rings. The number of esters is 1. The van der Waals surface area contributed by atoms with Crippen molar-refractivity contribution in [2.24, 2.45) is 17.0 Å². The molecule has 0 aromatic heterocycles. The molecule has 1 fully saturated rings. The molecular weight excluding hydrogens is 417 g/mol. The lowest BCUT2D eigenvalue weighted by Crippen LogP contribution is -2.59. The first kappa shape index (κ1) is 20.2. The maximum absolute atomic E-state index is 13.3. The second-order valence-electron chi connectivity index (χ2n) is 7.52. The molecule has 0 radical (unpaired) electrons. The first-order chi connectivity index (χ1) is 13.8. The Balaban J connectivity index is 1.54. The monoisotopic (exact) mass is 437 g/mol. The number of methoxy groups -OCH3 is 1. The van der Waals surface area contributed by atoms with Crippen LogP contribution in [-0.4, -0.2) is 55.0 Å². The summed E-state index contributed by atoms with van der Waals surface area (Å²) in [5, 5.41) is 8.23. The lowest BCUT2D eigenvalue weighted by Gasteiger charge is -2.32. The van der Waals surface area contributed by atoms with E-state index in [2.05, 4.69) is 10.5 Å². The lowest BCUT2D eigenvalue weighted by atomic mass is 9.87. The Hall–Kier alpha value is -2.09. The van der Waals surface area contributed by atoms with Gasteiger partial charge in [-0.3, -0.25) is 14.5 Å². The summed E-state index contributed by atoms with van der Waals surface area (Å²) in [6.45, 7) is 0.677. The predicted octanol–water partition coefficient (Wildman–Crippen LogP) is 2.61. The number of likely N-dealkylation sites (N-methyl/N-ethyl adjacent to an activating group) is 1. The van der Waals surface area contributed by atoms with E-state index < -0.39 is 5.72 Å². The minimum atomic E-state index is -1.23. The average Bonchev–Trinajstić information content (AvgIpc) is 3.36. The Morgan fingerprint density at radius 2 is 2.00 bits per heavy atom. The molecule has 4 rings (SSSR count). The quantitative estimate of drug-likeness (QED) is 0.578. The van der Waals surface area contributed by atoms with Gasteiger partial charge in [-0.15, -0.1) is 0 Å². The molecule has 1 aromatic carbocycles. The van der Waals surface area contributed by atoms with Crippen LogP contribution >= 0.6 is 23.2 Å². The molecule has 154 valence electrons. The van der Waals surface area contributed by atoms with Crippen LogP contribution in [0.15, 0.2) is 35.5 Å². The number of likely N-dealkylation sites (tertiary alicyclic amines) is 1. The van der Waals surface area contributed by atoms with Gasteiger partial charge in [0.25, 0.3) is 11.6 Å². The zero-order valence-corrected chi connectivity index (χ0v) is 17.5. The van der Waals surface area contributed by atoms with Gasteiger partial charge in [-0.1, -0.05) is 40.5 Å². The second kappa shape index (κ2) is 7.63. The minimum absolute atomic E-state index is 0.260. The molecular formula is C20H21Cl2N3O4. The van der Waals surface area contributed by atoms with Crippen LogP contribution in [-0.2, 0) is 19.2 Å². The molecule has 7 nitrogen and oxygen atoms in total. The zero-order chi connectivity index (χ0) is 20.8. The Kier molecular flexibility index (Phi) is 5.31. The van der Waals surface area contributed by atoms with Crippen LogP contribution in [0, 0.1) is 11.8 Å². The first-order valence-electron chi connectivity index (χ1n) is 9.36. The fourth-order valence-electron chi connectivity index (χ4n) is 4.32. The number of rotatable bonds is 4. The summed E-state index contributed by atoms with van der Waals surface area (Å²) in [6, 6.07) is 4.91. The number of amides is 1. The summed E-state index contributed by atoms with van der Waals surface area (Å²) in [6.07, 6.45) is 4.74. The highest BCUT2D eigenvalue weighted by molar-refractivity contribution is 6.35. The fourth-order valence-corrected chi connectivity index (χ4v) is 4.85. The zero-order valence-electron chi connectivity index (χ0n) is 16.0. The topological polar surface area (TPSA) is 80.2 Å². The van der Waals surface area contributed by atoms with Crippen LogP contribution in [0.25, 0.3) is 0 Å². The van der Waals surface area contributed by atoms with Crippen molar-refractivity contribution in [3.63, 3.8) is 0 Å². The van der Waals surface area contributed by atoms with E-state index in [1.54, 1.807) is 24.3 Å². The van der Waals surface area contributed by atoms with Gasteiger partial charge in [-0.25, -0.2) is 0 Å². The molecule has 1 saturated heterocycles.